The van der Waals surface area contributed by atoms with Crippen molar-refractivity contribution in [1.82, 2.24) is 14.5 Å². The third-order valence-corrected chi connectivity index (χ3v) is 8.08. The van der Waals surface area contributed by atoms with Crippen LogP contribution in [0.15, 0.2) is 102 Å². The maximum absolute atomic E-state index is 14.4. The van der Waals surface area contributed by atoms with Gasteiger partial charge in [0, 0.05) is 48.2 Å². The molecule has 0 bridgehead atoms. The molecule has 2 N–H and O–H groups in total. The lowest BCUT2D eigenvalue weighted by atomic mass is 9.93. The first kappa shape index (κ1) is 33.1. The summed E-state index contributed by atoms with van der Waals surface area (Å²) in [5.41, 5.74) is 6.72. The van der Waals surface area contributed by atoms with Crippen LogP contribution in [0.3, 0.4) is 0 Å². The summed E-state index contributed by atoms with van der Waals surface area (Å²) in [6, 6.07) is 20.9. The number of rotatable bonds is 11. The molecule has 0 spiro atoms. The number of ether oxygens (including phenoxy) is 1. The quantitative estimate of drug-likeness (QED) is 0.142. The van der Waals surface area contributed by atoms with Gasteiger partial charge < -0.3 is 15.4 Å². The summed E-state index contributed by atoms with van der Waals surface area (Å²) in [4.78, 5) is 37.0. The van der Waals surface area contributed by atoms with Crippen molar-refractivity contribution in [2.45, 2.75) is 66.3 Å². The Morgan fingerprint density at radius 1 is 0.872 bits per heavy atom. The number of amides is 2. The van der Waals surface area contributed by atoms with E-state index in [2.05, 4.69) is 48.3 Å². The topological polar surface area (TPSA) is 98.1 Å². The summed E-state index contributed by atoms with van der Waals surface area (Å²) >= 11 is 0. The Morgan fingerprint density at radius 3 is 2.23 bits per heavy atom. The molecule has 8 heteroatoms. The van der Waals surface area contributed by atoms with E-state index < -0.39 is 6.03 Å². The minimum absolute atomic E-state index is 0.173. The number of hydrogen-bond acceptors (Lipinski definition) is 5. The molecule has 3 aromatic heterocycles. The molecule has 0 atom stereocenters. The zero-order valence-corrected chi connectivity index (χ0v) is 28.0. The highest BCUT2D eigenvalue weighted by atomic mass is 16.5. The molecule has 0 saturated heterocycles. The van der Waals surface area contributed by atoms with Gasteiger partial charge in [-0.3, -0.25) is 14.3 Å². The van der Waals surface area contributed by atoms with E-state index in [9.17, 15) is 9.59 Å². The van der Waals surface area contributed by atoms with E-state index in [4.69, 9.17) is 4.74 Å². The Balaban J connectivity index is 1.59. The molecular weight excluding hydrogens is 586 g/mol. The van der Waals surface area contributed by atoms with Gasteiger partial charge in [-0.1, -0.05) is 69.7 Å². The second-order valence-electron chi connectivity index (χ2n) is 12.5. The van der Waals surface area contributed by atoms with Crippen LogP contribution in [0.5, 0.6) is 5.75 Å². The summed E-state index contributed by atoms with van der Waals surface area (Å²) in [7, 11) is 0. The molecule has 242 valence electrons. The summed E-state index contributed by atoms with van der Waals surface area (Å²) in [5, 5.41) is 6.84. The van der Waals surface area contributed by atoms with E-state index in [1.165, 1.54) is 0 Å². The fourth-order valence-electron chi connectivity index (χ4n) is 5.67. The number of urea groups is 1. The standard InChI is InChI=1S/C39H43N5O3/c1-25(2)17-22-44-37-33(14-9-19-41-37)34(29-10-7-11-30(24-29)47-23-18-28-15-20-40-21-16-28)36(38(44)45)43-39(46)42-35-31(26(3)4)12-8-13-32(35)27(5)6/h7-17,19-21,24,26-27H,18,22-23H2,1-6H3,(H2,42,43,46). The third kappa shape index (κ3) is 7.77. The SMILES string of the molecule is CC(C)=CCn1c(=O)c(NC(=O)Nc2c(C(C)C)cccc2C(C)C)c(-c2cccc(OCCc3ccncc3)c2)c2cccnc21. The fourth-order valence-corrected chi connectivity index (χ4v) is 5.67. The zero-order valence-electron chi connectivity index (χ0n) is 28.0. The van der Waals surface area contributed by atoms with Gasteiger partial charge in [0.1, 0.15) is 17.1 Å². The number of allylic oxidation sites excluding steroid dienone is 2. The first-order valence-corrected chi connectivity index (χ1v) is 16.1. The molecule has 0 aliphatic heterocycles. The van der Waals surface area contributed by atoms with Gasteiger partial charge in [-0.15, -0.1) is 0 Å². The van der Waals surface area contributed by atoms with Gasteiger partial charge >= 0.3 is 6.03 Å². The number of benzene rings is 2. The lowest BCUT2D eigenvalue weighted by molar-refractivity contribution is 0.262. The van der Waals surface area contributed by atoms with Gasteiger partial charge in [0.05, 0.1) is 6.61 Å². The predicted octanol–water partition coefficient (Wildman–Crippen LogP) is 8.94. The number of fused-ring (bicyclic) bond motifs is 1. The molecular formula is C39H43N5O3. The number of nitrogens with one attached hydrogen (secondary N) is 2. The van der Waals surface area contributed by atoms with Crippen LogP contribution in [0.1, 0.15) is 70.1 Å². The van der Waals surface area contributed by atoms with E-state index in [0.29, 0.717) is 30.1 Å². The van der Waals surface area contributed by atoms with Gasteiger partial charge in [-0.2, -0.15) is 0 Å². The molecule has 5 aromatic rings. The maximum atomic E-state index is 14.4. The van der Waals surface area contributed by atoms with E-state index in [0.717, 1.165) is 45.3 Å². The average molecular weight is 630 g/mol. The van der Waals surface area contributed by atoms with Gasteiger partial charge in [0.2, 0.25) is 0 Å². The average Bonchev–Trinajstić information content (AvgIpc) is 3.05. The van der Waals surface area contributed by atoms with Crippen molar-refractivity contribution < 1.29 is 9.53 Å². The molecule has 5 rings (SSSR count). The largest absolute Gasteiger partial charge is 0.493 e. The van der Waals surface area contributed by atoms with E-state index >= 15 is 0 Å². The lowest BCUT2D eigenvalue weighted by Gasteiger charge is -2.21. The predicted molar refractivity (Wildman–Crippen MR) is 192 cm³/mol. The second-order valence-corrected chi connectivity index (χ2v) is 12.5. The molecule has 2 amide bonds. The van der Waals surface area contributed by atoms with Crippen molar-refractivity contribution in [1.29, 1.82) is 0 Å². The van der Waals surface area contributed by atoms with Crippen LogP contribution in [0.4, 0.5) is 16.2 Å². The monoisotopic (exact) mass is 629 g/mol. The number of anilines is 2. The summed E-state index contributed by atoms with van der Waals surface area (Å²) in [6.07, 6.45) is 7.92. The fraction of sp³-hybridized carbons (Fsp3) is 0.282. The molecule has 0 radical (unpaired) electrons. The number of pyridine rings is 3. The molecule has 0 fully saturated rings. The Labute approximate surface area is 276 Å². The normalized spacial score (nSPS) is 11.1. The van der Waals surface area contributed by atoms with E-state index in [1.807, 2.05) is 86.7 Å². The number of carbonyl (C=O) groups is 1. The summed E-state index contributed by atoms with van der Waals surface area (Å²) in [6.45, 7) is 13.2. The van der Waals surface area contributed by atoms with Crippen molar-refractivity contribution in [2.24, 2.45) is 0 Å². The summed E-state index contributed by atoms with van der Waals surface area (Å²) < 4.78 is 7.76. The van der Waals surface area contributed by atoms with Crippen molar-refractivity contribution in [3.8, 4) is 16.9 Å². The number of carbonyl (C=O) groups excluding carboxylic acids is 1. The molecule has 0 unspecified atom stereocenters. The van der Waals surface area contributed by atoms with Crippen molar-refractivity contribution in [3.63, 3.8) is 0 Å². The molecule has 0 saturated carbocycles. The first-order chi connectivity index (χ1) is 22.6. The lowest BCUT2D eigenvalue weighted by Crippen LogP contribution is -2.30. The Kier molecular flexibility index (Phi) is 10.5. The molecule has 8 nitrogen and oxygen atoms in total. The number of nitrogens with zero attached hydrogens (tertiary/aromatic N) is 3. The number of para-hydroxylation sites is 1. The van der Waals surface area contributed by atoms with Crippen molar-refractivity contribution in [3.05, 3.63) is 124 Å². The van der Waals surface area contributed by atoms with Gasteiger partial charge in [-0.05, 0) is 84.3 Å². The van der Waals surface area contributed by atoms with Crippen LogP contribution in [0.2, 0.25) is 0 Å². The minimum atomic E-state index is -0.486. The molecule has 47 heavy (non-hydrogen) atoms. The van der Waals surface area contributed by atoms with Crippen LogP contribution in [-0.2, 0) is 13.0 Å². The van der Waals surface area contributed by atoms with Crippen molar-refractivity contribution in [2.75, 3.05) is 17.2 Å². The summed E-state index contributed by atoms with van der Waals surface area (Å²) in [5.74, 6) is 1.04. The highest BCUT2D eigenvalue weighted by Gasteiger charge is 2.22. The van der Waals surface area contributed by atoms with Gasteiger partial charge in [0.25, 0.3) is 5.56 Å². The number of hydrogen-bond donors (Lipinski definition) is 2. The highest BCUT2D eigenvalue weighted by molar-refractivity contribution is 6.07. The molecule has 2 aromatic carbocycles. The Hall–Kier alpha value is -5.24. The molecule has 3 heterocycles. The van der Waals surface area contributed by atoms with Crippen LogP contribution in [-0.4, -0.2) is 27.2 Å². The van der Waals surface area contributed by atoms with Crippen LogP contribution in [0, 0.1) is 0 Å². The Bertz CT molecular complexity index is 1930. The van der Waals surface area contributed by atoms with Crippen LogP contribution < -0.4 is 20.9 Å². The molecule has 0 aliphatic carbocycles. The van der Waals surface area contributed by atoms with E-state index in [-0.39, 0.29) is 23.1 Å². The van der Waals surface area contributed by atoms with Crippen molar-refractivity contribution >= 4 is 28.4 Å². The Morgan fingerprint density at radius 2 is 1.55 bits per heavy atom. The van der Waals surface area contributed by atoms with Gasteiger partial charge in [-0.25, -0.2) is 9.78 Å². The maximum Gasteiger partial charge on any atom is 0.323 e. The second kappa shape index (κ2) is 14.9. The third-order valence-electron chi connectivity index (χ3n) is 8.08. The van der Waals surface area contributed by atoms with Crippen LogP contribution >= 0.6 is 0 Å². The number of aromatic nitrogens is 3. The van der Waals surface area contributed by atoms with Gasteiger partial charge in [0.15, 0.2) is 0 Å². The smallest absolute Gasteiger partial charge is 0.323 e. The van der Waals surface area contributed by atoms with Crippen LogP contribution in [0.25, 0.3) is 22.2 Å². The van der Waals surface area contributed by atoms with E-state index in [1.54, 1.807) is 23.2 Å². The highest BCUT2D eigenvalue weighted by Crippen LogP contribution is 2.36. The minimum Gasteiger partial charge on any atom is -0.493 e. The molecule has 0 aliphatic rings. The zero-order chi connectivity index (χ0) is 33.5. The first-order valence-electron chi connectivity index (χ1n) is 16.1.